The van der Waals surface area contributed by atoms with Gasteiger partial charge in [0.1, 0.15) is 5.82 Å². The normalized spacial score (nSPS) is 11.7. The molecule has 1 rings (SSSR count). The zero-order valence-electron chi connectivity index (χ0n) is 10.9. The topological polar surface area (TPSA) is 40.5 Å². The van der Waals surface area contributed by atoms with Gasteiger partial charge in [-0.2, -0.15) is 0 Å². The van der Waals surface area contributed by atoms with E-state index >= 15 is 0 Å². The molecule has 98 valence electrons. The second-order valence-electron chi connectivity index (χ2n) is 4.54. The van der Waals surface area contributed by atoms with Crippen LogP contribution in [0.25, 0.3) is 6.08 Å². The van der Waals surface area contributed by atoms with Gasteiger partial charge < -0.3 is 5.11 Å². The second kappa shape index (κ2) is 6.31. The van der Waals surface area contributed by atoms with Crippen LogP contribution >= 0.6 is 0 Å². The fourth-order valence-electron chi connectivity index (χ4n) is 1.45. The van der Waals surface area contributed by atoms with Crippen molar-refractivity contribution in [3.8, 4) is 0 Å². The number of carboxylic acid groups (broad SMARTS) is 1. The summed E-state index contributed by atoms with van der Waals surface area (Å²) in [7, 11) is 1.99. The summed E-state index contributed by atoms with van der Waals surface area (Å²) in [6, 6.07) is 5.15. The first-order chi connectivity index (χ1) is 8.40. The van der Waals surface area contributed by atoms with Crippen LogP contribution in [0.4, 0.5) is 4.39 Å². The number of carbonyl (C=O) groups is 1. The Balaban J connectivity index is 2.90. The molecule has 0 aliphatic rings. The molecule has 0 spiro atoms. The van der Waals surface area contributed by atoms with E-state index in [-0.39, 0.29) is 0 Å². The number of hydrogen-bond acceptors (Lipinski definition) is 2. The molecule has 1 aromatic rings. The van der Waals surface area contributed by atoms with Gasteiger partial charge in [0.15, 0.2) is 0 Å². The fourth-order valence-corrected chi connectivity index (χ4v) is 1.45. The van der Waals surface area contributed by atoms with Gasteiger partial charge in [0.25, 0.3) is 0 Å². The number of aliphatic carboxylic acids is 1. The van der Waals surface area contributed by atoms with Gasteiger partial charge in [-0.05, 0) is 44.7 Å². The van der Waals surface area contributed by atoms with Crippen LogP contribution in [0.3, 0.4) is 0 Å². The lowest BCUT2D eigenvalue weighted by atomic mass is 10.1. The molecule has 0 amide bonds. The third-order valence-corrected chi connectivity index (χ3v) is 2.78. The number of carboxylic acids is 1. The molecule has 0 saturated carbocycles. The first-order valence-corrected chi connectivity index (χ1v) is 5.80. The highest BCUT2D eigenvalue weighted by Gasteiger charge is 2.06. The molecule has 0 aliphatic carbocycles. The van der Waals surface area contributed by atoms with Crippen LogP contribution in [0.15, 0.2) is 24.3 Å². The van der Waals surface area contributed by atoms with Crippen molar-refractivity contribution in [1.82, 2.24) is 4.90 Å². The summed E-state index contributed by atoms with van der Waals surface area (Å²) in [4.78, 5) is 12.5. The van der Waals surface area contributed by atoms with Crippen molar-refractivity contribution in [3.63, 3.8) is 0 Å². The summed E-state index contributed by atoms with van der Waals surface area (Å²) < 4.78 is 13.5. The van der Waals surface area contributed by atoms with Crippen LogP contribution in [-0.2, 0) is 11.3 Å². The zero-order valence-corrected chi connectivity index (χ0v) is 10.9. The molecule has 3 nitrogen and oxygen atoms in total. The summed E-state index contributed by atoms with van der Waals surface area (Å²) in [6.07, 6.45) is 2.21. The van der Waals surface area contributed by atoms with Gasteiger partial charge in [-0.15, -0.1) is 0 Å². The molecule has 1 aromatic carbocycles. The average molecular weight is 251 g/mol. The summed E-state index contributed by atoms with van der Waals surface area (Å²) >= 11 is 0. The smallest absolute Gasteiger partial charge is 0.328 e. The van der Waals surface area contributed by atoms with Crippen molar-refractivity contribution in [2.24, 2.45) is 0 Å². The predicted octanol–water partition coefficient (Wildman–Crippen LogP) is 2.76. The van der Waals surface area contributed by atoms with Gasteiger partial charge in [0.2, 0.25) is 0 Å². The maximum absolute atomic E-state index is 13.5. The molecule has 0 bridgehead atoms. The van der Waals surface area contributed by atoms with Crippen molar-refractivity contribution in [3.05, 3.63) is 41.2 Å². The Labute approximate surface area is 107 Å². The Bertz CT molecular complexity index is 455. The Kier molecular flexibility index (Phi) is 5.04. The van der Waals surface area contributed by atoms with E-state index < -0.39 is 11.8 Å². The highest BCUT2D eigenvalue weighted by atomic mass is 19.1. The molecule has 0 unspecified atom stereocenters. The van der Waals surface area contributed by atoms with Gasteiger partial charge in [0.05, 0.1) is 0 Å². The van der Waals surface area contributed by atoms with Crippen LogP contribution in [0.5, 0.6) is 0 Å². The van der Waals surface area contributed by atoms with E-state index in [1.165, 1.54) is 12.1 Å². The Morgan fingerprint density at radius 2 is 2.17 bits per heavy atom. The van der Waals surface area contributed by atoms with E-state index in [1.807, 2.05) is 7.05 Å². The summed E-state index contributed by atoms with van der Waals surface area (Å²) in [5, 5.41) is 8.54. The lowest BCUT2D eigenvalue weighted by Crippen LogP contribution is -2.25. The molecular formula is C14H18FNO2. The molecule has 0 radical (unpaired) electrons. The van der Waals surface area contributed by atoms with E-state index in [1.54, 1.807) is 12.1 Å². The molecule has 4 heteroatoms. The Morgan fingerprint density at radius 3 is 2.72 bits per heavy atom. The first kappa shape index (κ1) is 14.4. The van der Waals surface area contributed by atoms with Gasteiger partial charge in [0, 0.05) is 24.2 Å². The fraction of sp³-hybridized carbons (Fsp3) is 0.357. The van der Waals surface area contributed by atoms with Crippen molar-refractivity contribution in [1.29, 1.82) is 0 Å². The molecule has 0 aliphatic heterocycles. The second-order valence-corrected chi connectivity index (χ2v) is 4.54. The number of nitrogens with zero attached hydrogens (tertiary/aromatic N) is 1. The molecule has 0 saturated heterocycles. The van der Waals surface area contributed by atoms with Gasteiger partial charge in [-0.25, -0.2) is 9.18 Å². The SMILES string of the molecule is CC(C)N(C)Cc1ccc(F)c(/C=C/C(=O)O)c1. The Morgan fingerprint density at radius 1 is 1.50 bits per heavy atom. The van der Waals surface area contributed by atoms with Crippen LogP contribution in [0.2, 0.25) is 0 Å². The average Bonchev–Trinajstić information content (AvgIpc) is 2.29. The summed E-state index contributed by atoms with van der Waals surface area (Å²) in [5.41, 5.74) is 1.25. The maximum atomic E-state index is 13.5. The number of halogens is 1. The van der Waals surface area contributed by atoms with E-state index in [2.05, 4.69) is 18.7 Å². The predicted molar refractivity (Wildman–Crippen MR) is 69.7 cm³/mol. The van der Waals surface area contributed by atoms with Crippen molar-refractivity contribution in [2.75, 3.05) is 7.05 Å². The van der Waals surface area contributed by atoms with E-state index in [9.17, 15) is 9.18 Å². The maximum Gasteiger partial charge on any atom is 0.328 e. The van der Waals surface area contributed by atoms with Gasteiger partial charge in [-0.1, -0.05) is 6.07 Å². The lowest BCUT2D eigenvalue weighted by Gasteiger charge is -2.21. The summed E-state index contributed by atoms with van der Waals surface area (Å²) in [5.74, 6) is -1.50. The largest absolute Gasteiger partial charge is 0.478 e. The molecule has 1 N–H and O–H groups in total. The molecule has 0 fully saturated rings. The van der Waals surface area contributed by atoms with E-state index in [0.29, 0.717) is 18.2 Å². The molecule has 0 aromatic heterocycles. The van der Waals surface area contributed by atoms with Crippen LogP contribution in [0, 0.1) is 5.82 Å². The van der Waals surface area contributed by atoms with E-state index in [0.717, 1.165) is 11.6 Å². The monoisotopic (exact) mass is 251 g/mol. The van der Waals surface area contributed by atoms with Gasteiger partial charge in [-0.3, -0.25) is 4.90 Å². The minimum absolute atomic E-state index is 0.298. The summed E-state index contributed by atoms with van der Waals surface area (Å²) in [6.45, 7) is 4.86. The Hall–Kier alpha value is -1.68. The zero-order chi connectivity index (χ0) is 13.7. The number of benzene rings is 1. The minimum atomic E-state index is -1.08. The molecular weight excluding hydrogens is 233 g/mol. The van der Waals surface area contributed by atoms with Crippen LogP contribution < -0.4 is 0 Å². The lowest BCUT2D eigenvalue weighted by molar-refractivity contribution is -0.131. The standard InChI is InChI=1S/C14H18FNO2/c1-10(2)16(3)9-11-4-6-13(15)12(8-11)5-7-14(17)18/h4-8,10H,9H2,1-3H3,(H,17,18)/b7-5+. The number of hydrogen-bond donors (Lipinski definition) is 1. The quantitative estimate of drug-likeness (QED) is 0.818. The first-order valence-electron chi connectivity index (χ1n) is 5.80. The van der Waals surface area contributed by atoms with E-state index in [4.69, 9.17) is 5.11 Å². The number of rotatable bonds is 5. The molecule has 0 heterocycles. The third-order valence-electron chi connectivity index (χ3n) is 2.78. The van der Waals surface area contributed by atoms with Crippen LogP contribution in [0.1, 0.15) is 25.0 Å². The minimum Gasteiger partial charge on any atom is -0.478 e. The molecule has 18 heavy (non-hydrogen) atoms. The van der Waals surface area contributed by atoms with Crippen molar-refractivity contribution in [2.45, 2.75) is 26.4 Å². The van der Waals surface area contributed by atoms with Crippen molar-refractivity contribution >= 4 is 12.0 Å². The molecule has 0 atom stereocenters. The van der Waals surface area contributed by atoms with Gasteiger partial charge >= 0.3 is 5.97 Å². The van der Waals surface area contributed by atoms with Crippen LogP contribution in [-0.4, -0.2) is 29.1 Å². The highest BCUT2D eigenvalue weighted by molar-refractivity contribution is 5.85. The van der Waals surface area contributed by atoms with Crippen molar-refractivity contribution < 1.29 is 14.3 Å². The third kappa shape index (κ3) is 4.30. The highest BCUT2D eigenvalue weighted by Crippen LogP contribution is 2.14.